The number of H-pyrrole nitrogens is 1. The van der Waals surface area contributed by atoms with E-state index in [-0.39, 0.29) is 33.8 Å². The molecule has 1 aliphatic carbocycles. The molecule has 7 nitrogen and oxygen atoms in total. The van der Waals surface area contributed by atoms with Crippen LogP contribution in [0.3, 0.4) is 0 Å². The van der Waals surface area contributed by atoms with Crippen molar-refractivity contribution in [2.24, 2.45) is 5.41 Å². The SMILES string of the molecule is CC[C@]1(CCc2n[nH]c(=O)c3ccccc23)C[C@H](NC(=O)c2cnc(O)c(Cl)c2)C1. The molecule has 3 N–H and O–H groups in total. The first-order chi connectivity index (χ1) is 14.4. The fourth-order valence-corrected chi connectivity index (χ4v) is 4.49. The number of aromatic hydroxyl groups is 1. The average molecular weight is 427 g/mol. The average Bonchev–Trinajstić information content (AvgIpc) is 2.73. The molecule has 0 atom stereocenters. The zero-order valence-corrected chi connectivity index (χ0v) is 17.4. The molecule has 4 rings (SSSR count). The summed E-state index contributed by atoms with van der Waals surface area (Å²) in [5.74, 6) is -0.530. The van der Waals surface area contributed by atoms with Crippen LogP contribution < -0.4 is 10.9 Å². The van der Waals surface area contributed by atoms with E-state index in [2.05, 4.69) is 27.4 Å². The summed E-state index contributed by atoms with van der Waals surface area (Å²) in [6, 6.07) is 9.02. The number of halogens is 1. The third-order valence-corrected chi connectivity index (χ3v) is 6.47. The van der Waals surface area contributed by atoms with Gasteiger partial charge < -0.3 is 10.4 Å². The summed E-state index contributed by atoms with van der Waals surface area (Å²) >= 11 is 5.84. The number of carbonyl (C=O) groups excluding carboxylic acids is 1. The van der Waals surface area contributed by atoms with Crippen LogP contribution in [0.5, 0.6) is 5.88 Å². The Morgan fingerprint density at radius 1 is 1.33 bits per heavy atom. The van der Waals surface area contributed by atoms with Crippen LogP contribution in [0.25, 0.3) is 10.8 Å². The summed E-state index contributed by atoms with van der Waals surface area (Å²) in [6.07, 6.45) is 5.79. The maximum Gasteiger partial charge on any atom is 0.272 e. The quantitative estimate of drug-likeness (QED) is 0.558. The number of nitrogens with one attached hydrogen (secondary N) is 2. The predicted molar refractivity (Wildman–Crippen MR) is 115 cm³/mol. The van der Waals surface area contributed by atoms with Crippen LogP contribution in [0.1, 0.15) is 48.7 Å². The molecule has 0 unspecified atom stereocenters. The van der Waals surface area contributed by atoms with E-state index in [9.17, 15) is 14.7 Å². The second-order valence-electron chi connectivity index (χ2n) is 8.01. The highest BCUT2D eigenvalue weighted by Gasteiger charge is 2.43. The largest absolute Gasteiger partial charge is 0.492 e. The van der Waals surface area contributed by atoms with E-state index < -0.39 is 0 Å². The molecule has 2 aromatic heterocycles. The Morgan fingerprint density at radius 2 is 2.07 bits per heavy atom. The number of aromatic nitrogens is 3. The first kappa shape index (κ1) is 20.3. The lowest BCUT2D eigenvalue weighted by molar-refractivity contribution is 0.0571. The van der Waals surface area contributed by atoms with Crippen LogP contribution in [-0.4, -0.2) is 32.2 Å². The van der Waals surface area contributed by atoms with E-state index >= 15 is 0 Å². The number of rotatable bonds is 6. The number of nitrogens with zero attached hydrogens (tertiary/aromatic N) is 2. The summed E-state index contributed by atoms with van der Waals surface area (Å²) in [5, 5.41) is 20.9. The van der Waals surface area contributed by atoms with Gasteiger partial charge in [0.1, 0.15) is 5.02 Å². The molecule has 30 heavy (non-hydrogen) atoms. The van der Waals surface area contributed by atoms with Crippen LogP contribution in [-0.2, 0) is 6.42 Å². The lowest BCUT2D eigenvalue weighted by Crippen LogP contribution is -2.50. The van der Waals surface area contributed by atoms with E-state index in [1.165, 1.54) is 12.3 Å². The minimum Gasteiger partial charge on any atom is -0.492 e. The highest BCUT2D eigenvalue weighted by Crippen LogP contribution is 2.47. The van der Waals surface area contributed by atoms with Crippen LogP contribution in [0, 0.1) is 5.41 Å². The number of carbonyl (C=O) groups is 1. The first-order valence-electron chi connectivity index (χ1n) is 10.0. The topological polar surface area (TPSA) is 108 Å². The Balaban J connectivity index is 1.39. The molecule has 156 valence electrons. The zero-order chi connectivity index (χ0) is 21.3. The van der Waals surface area contributed by atoms with Crippen molar-refractivity contribution in [1.29, 1.82) is 0 Å². The van der Waals surface area contributed by atoms with Crippen molar-refractivity contribution in [3.8, 4) is 5.88 Å². The molecular weight excluding hydrogens is 404 g/mol. The number of aryl methyl sites for hydroxylation is 1. The third-order valence-electron chi connectivity index (χ3n) is 6.20. The van der Waals surface area contributed by atoms with Gasteiger partial charge in [-0.3, -0.25) is 9.59 Å². The molecule has 8 heteroatoms. The number of aromatic amines is 1. The van der Waals surface area contributed by atoms with Gasteiger partial charge in [-0.25, -0.2) is 10.1 Å². The molecule has 0 radical (unpaired) electrons. The van der Waals surface area contributed by atoms with E-state index in [1.54, 1.807) is 0 Å². The van der Waals surface area contributed by atoms with Gasteiger partial charge in [0, 0.05) is 17.6 Å². The van der Waals surface area contributed by atoms with Gasteiger partial charge in [0.05, 0.1) is 16.6 Å². The summed E-state index contributed by atoms with van der Waals surface area (Å²) in [7, 11) is 0. The maximum absolute atomic E-state index is 12.4. The van der Waals surface area contributed by atoms with Gasteiger partial charge in [0.15, 0.2) is 0 Å². The van der Waals surface area contributed by atoms with Crippen molar-refractivity contribution in [2.45, 2.75) is 45.1 Å². The van der Waals surface area contributed by atoms with Crippen LogP contribution in [0.15, 0.2) is 41.3 Å². The zero-order valence-electron chi connectivity index (χ0n) is 16.6. The fourth-order valence-electron chi connectivity index (χ4n) is 4.33. The smallest absolute Gasteiger partial charge is 0.272 e. The van der Waals surface area contributed by atoms with Crippen molar-refractivity contribution in [3.63, 3.8) is 0 Å². The highest BCUT2D eigenvalue weighted by molar-refractivity contribution is 6.32. The van der Waals surface area contributed by atoms with Gasteiger partial charge >= 0.3 is 0 Å². The molecule has 1 aliphatic rings. The van der Waals surface area contributed by atoms with Gasteiger partial charge in [0.2, 0.25) is 5.88 Å². The van der Waals surface area contributed by atoms with Crippen LogP contribution in [0.4, 0.5) is 0 Å². The standard InChI is InChI=1S/C22H23ClN4O3/c1-2-22(8-7-18-15-5-3-4-6-16(15)20(29)27-26-18)10-14(11-22)25-19(28)13-9-17(23)21(30)24-12-13/h3-6,9,12,14H,2,7-8,10-11H2,1H3,(H,24,30)(H,25,28)(H,27,29)/t14-,22-. The molecular formula is C22H23ClN4O3. The molecule has 0 aliphatic heterocycles. The molecule has 1 saturated carbocycles. The van der Waals surface area contributed by atoms with E-state index in [1.807, 2.05) is 24.3 Å². The summed E-state index contributed by atoms with van der Waals surface area (Å²) < 4.78 is 0. The highest BCUT2D eigenvalue weighted by atomic mass is 35.5. The summed E-state index contributed by atoms with van der Waals surface area (Å²) in [4.78, 5) is 28.1. The van der Waals surface area contributed by atoms with Crippen LogP contribution >= 0.6 is 11.6 Å². The van der Waals surface area contributed by atoms with Crippen molar-refractivity contribution < 1.29 is 9.90 Å². The Kier molecular flexibility index (Phi) is 5.47. The number of pyridine rings is 1. The fraction of sp³-hybridized carbons (Fsp3) is 0.364. The van der Waals surface area contributed by atoms with Crippen molar-refractivity contribution in [2.75, 3.05) is 0 Å². The second-order valence-corrected chi connectivity index (χ2v) is 8.41. The molecule has 0 bridgehead atoms. The molecule has 0 saturated heterocycles. The molecule has 2 heterocycles. The number of fused-ring (bicyclic) bond motifs is 1. The minimum atomic E-state index is -0.287. The van der Waals surface area contributed by atoms with Gasteiger partial charge in [-0.05, 0) is 43.2 Å². The summed E-state index contributed by atoms with van der Waals surface area (Å²) in [6.45, 7) is 2.17. The van der Waals surface area contributed by atoms with Crippen molar-refractivity contribution in [1.82, 2.24) is 20.5 Å². The van der Waals surface area contributed by atoms with Crippen molar-refractivity contribution >= 4 is 28.3 Å². The lowest BCUT2D eigenvalue weighted by atomic mass is 9.61. The van der Waals surface area contributed by atoms with E-state index in [0.717, 1.165) is 43.2 Å². The first-order valence-corrected chi connectivity index (χ1v) is 10.4. The third kappa shape index (κ3) is 3.89. The van der Waals surface area contributed by atoms with Gasteiger partial charge in [0.25, 0.3) is 11.5 Å². The molecule has 1 fully saturated rings. The Hall–Kier alpha value is -2.93. The number of hydrogen-bond acceptors (Lipinski definition) is 5. The molecule has 0 spiro atoms. The van der Waals surface area contributed by atoms with E-state index in [0.29, 0.717) is 10.9 Å². The maximum atomic E-state index is 12.4. The van der Waals surface area contributed by atoms with Crippen molar-refractivity contribution in [3.05, 3.63) is 63.2 Å². The van der Waals surface area contributed by atoms with Gasteiger partial charge in [-0.2, -0.15) is 5.10 Å². The molecule has 1 aromatic carbocycles. The Labute approximate surface area is 178 Å². The molecule has 3 aromatic rings. The van der Waals surface area contributed by atoms with E-state index in [4.69, 9.17) is 11.6 Å². The number of benzene rings is 1. The van der Waals surface area contributed by atoms with Crippen LogP contribution in [0.2, 0.25) is 5.02 Å². The Morgan fingerprint density at radius 3 is 2.77 bits per heavy atom. The Bertz CT molecular complexity index is 1150. The predicted octanol–water partition coefficient (Wildman–Crippen LogP) is 3.60. The lowest BCUT2D eigenvalue weighted by Gasteiger charge is -2.48. The number of amides is 1. The monoisotopic (exact) mass is 426 g/mol. The van der Waals surface area contributed by atoms with Gasteiger partial charge in [-0.1, -0.05) is 43.1 Å². The second kappa shape index (κ2) is 8.07. The summed E-state index contributed by atoms with van der Waals surface area (Å²) in [5.41, 5.74) is 1.20. The number of hydrogen-bond donors (Lipinski definition) is 3. The minimum absolute atomic E-state index is 0.0554. The van der Waals surface area contributed by atoms with Gasteiger partial charge in [-0.15, -0.1) is 0 Å². The molecule has 1 amide bonds. The normalized spacial score (nSPS) is 20.7.